The van der Waals surface area contributed by atoms with Gasteiger partial charge in [0.25, 0.3) is 17.4 Å². The molecule has 4 N–H and O–H groups in total. The first-order chi connectivity index (χ1) is 11.9. The Balaban J connectivity index is 2.35. The maximum Gasteiger partial charge on any atom is 0.268 e. The van der Waals surface area contributed by atoms with Crippen molar-refractivity contribution in [2.75, 3.05) is 0 Å². The molecular formula is C18H21N3O4S. The molecule has 0 atom stereocenters. The lowest BCUT2D eigenvalue weighted by Gasteiger charge is -2.41. The standard InChI is InChI=1S/C18H21N3O4S/c1-17(2)8-10-11(14(20)23)16(26-12(10)18(3,4)25-17)21-7-5-6-9(13(19)22)15(21)24/h5-7H,8H2,1-4H3,(H2,19,22)(H2,20,23). The number of nitrogens with zero attached hydrogens (tertiary/aromatic N) is 1. The predicted molar refractivity (Wildman–Crippen MR) is 98.8 cm³/mol. The highest BCUT2D eigenvalue weighted by Gasteiger charge is 2.43. The Bertz CT molecular complexity index is 985. The number of fused-ring (bicyclic) bond motifs is 1. The fraction of sp³-hybridized carbons (Fsp3) is 0.389. The van der Waals surface area contributed by atoms with Crippen molar-refractivity contribution in [3.63, 3.8) is 0 Å². The number of primary amides is 2. The SMILES string of the molecule is CC1(C)Cc2c(sc(-n3cccc(C(N)=O)c3=O)c2C(N)=O)C(C)(C)O1. The van der Waals surface area contributed by atoms with Crippen LogP contribution in [0.15, 0.2) is 23.1 Å². The Kier molecular flexibility index (Phi) is 4.08. The first kappa shape index (κ1) is 18.3. The zero-order chi connectivity index (χ0) is 19.4. The van der Waals surface area contributed by atoms with Gasteiger partial charge in [-0.1, -0.05) is 0 Å². The van der Waals surface area contributed by atoms with Gasteiger partial charge in [-0.2, -0.15) is 0 Å². The molecule has 2 aromatic rings. The minimum absolute atomic E-state index is 0.148. The van der Waals surface area contributed by atoms with E-state index in [0.29, 0.717) is 11.4 Å². The molecule has 26 heavy (non-hydrogen) atoms. The van der Waals surface area contributed by atoms with Gasteiger partial charge >= 0.3 is 0 Å². The molecule has 7 nitrogen and oxygen atoms in total. The molecule has 0 spiro atoms. The van der Waals surface area contributed by atoms with E-state index in [1.165, 1.54) is 34.2 Å². The number of nitrogens with two attached hydrogens (primary N) is 2. The molecule has 0 radical (unpaired) electrons. The molecule has 3 heterocycles. The maximum atomic E-state index is 12.7. The average molecular weight is 375 g/mol. The quantitative estimate of drug-likeness (QED) is 0.848. The number of carbonyl (C=O) groups excluding carboxylic acids is 2. The van der Waals surface area contributed by atoms with Gasteiger partial charge in [-0.05, 0) is 45.4 Å². The van der Waals surface area contributed by atoms with Crippen molar-refractivity contribution in [2.24, 2.45) is 11.5 Å². The smallest absolute Gasteiger partial charge is 0.268 e. The summed E-state index contributed by atoms with van der Waals surface area (Å²) in [4.78, 5) is 37.3. The molecule has 0 saturated heterocycles. The Morgan fingerprint density at radius 2 is 1.85 bits per heavy atom. The minimum atomic E-state index is -0.823. The summed E-state index contributed by atoms with van der Waals surface area (Å²) in [6.45, 7) is 7.72. The number of rotatable bonds is 3. The van der Waals surface area contributed by atoms with Gasteiger partial charge < -0.3 is 16.2 Å². The lowest BCUT2D eigenvalue weighted by molar-refractivity contribution is -0.135. The Labute approximate surface area is 154 Å². The van der Waals surface area contributed by atoms with Crippen LogP contribution in [0.3, 0.4) is 0 Å². The minimum Gasteiger partial charge on any atom is -0.365 e. The zero-order valence-electron chi connectivity index (χ0n) is 15.1. The van der Waals surface area contributed by atoms with E-state index in [2.05, 4.69) is 0 Å². The molecule has 2 aromatic heterocycles. The van der Waals surface area contributed by atoms with E-state index in [1.807, 2.05) is 27.7 Å². The summed E-state index contributed by atoms with van der Waals surface area (Å²) in [6.07, 6.45) is 1.99. The molecule has 0 unspecified atom stereocenters. The van der Waals surface area contributed by atoms with Crippen LogP contribution in [0.4, 0.5) is 0 Å². The number of hydrogen-bond donors (Lipinski definition) is 2. The summed E-state index contributed by atoms with van der Waals surface area (Å²) in [7, 11) is 0. The van der Waals surface area contributed by atoms with Crippen LogP contribution < -0.4 is 17.0 Å². The number of pyridine rings is 1. The summed E-state index contributed by atoms with van der Waals surface area (Å²) < 4.78 is 7.42. The molecular weight excluding hydrogens is 354 g/mol. The molecule has 0 aliphatic carbocycles. The molecule has 0 fully saturated rings. The summed E-state index contributed by atoms with van der Waals surface area (Å²) in [5.74, 6) is -1.45. The Morgan fingerprint density at radius 3 is 2.42 bits per heavy atom. The number of amides is 2. The first-order valence-corrected chi connectivity index (χ1v) is 8.94. The molecule has 0 aromatic carbocycles. The van der Waals surface area contributed by atoms with Gasteiger partial charge in [0.1, 0.15) is 10.6 Å². The fourth-order valence-corrected chi connectivity index (χ4v) is 4.92. The van der Waals surface area contributed by atoms with Crippen molar-refractivity contribution in [1.82, 2.24) is 4.57 Å². The number of thiophene rings is 1. The molecule has 0 bridgehead atoms. The van der Waals surface area contributed by atoms with Gasteiger partial charge in [0.05, 0.1) is 16.8 Å². The zero-order valence-corrected chi connectivity index (χ0v) is 15.9. The molecule has 1 aliphatic rings. The van der Waals surface area contributed by atoms with Crippen LogP contribution in [0.25, 0.3) is 5.00 Å². The van der Waals surface area contributed by atoms with Crippen LogP contribution in [0.1, 0.15) is 58.9 Å². The van der Waals surface area contributed by atoms with E-state index < -0.39 is 28.6 Å². The van der Waals surface area contributed by atoms with Gasteiger partial charge in [0.2, 0.25) is 0 Å². The van der Waals surface area contributed by atoms with E-state index in [4.69, 9.17) is 16.2 Å². The van der Waals surface area contributed by atoms with Gasteiger partial charge in [-0.25, -0.2) is 0 Å². The van der Waals surface area contributed by atoms with Crippen molar-refractivity contribution in [2.45, 2.75) is 45.3 Å². The van der Waals surface area contributed by atoms with Crippen molar-refractivity contribution in [1.29, 1.82) is 0 Å². The van der Waals surface area contributed by atoms with Crippen LogP contribution in [0, 0.1) is 0 Å². The maximum absolute atomic E-state index is 12.7. The second-order valence-corrected chi connectivity index (χ2v) is 8.46. The van der Waals surface area contributed by atoms with Crippen LogP contribution in [-0.2, 0) is 16.8 Å². The lowest BCUT2D eigenvalue weighted by atomic mass is 9.86. The second kappa shape index (κ2) is 5.78. The van der Waals surface area contributed by atoms with E-state index in [1.54, 1.807) is 0 Å². The highest BCUT2D eigenvalue weighted by atomic mass is 32.1. The monoisotopic (exact) mass is 375 g/mol. The van der Waals surface area contributed by atoms with Gasteiger partial charge in [0.15, 0.2) is 0 Å². The summed E-state index contributed by atoms with van der Waals surface area (Å²) in [5.41, 5.74) is 10.2. The van der Waals surface area contributed by atoms with Crippen LogP contribution in [0.5, 0.6) is 0 Å². The van der Waals surface area contributed by atoms with Crippen LogP contribution >= 0.6 is 11.3 Å². The summed E-state index contributed by atoms with van der Waals surface area (Å²) in [5, 5.41) is 0.380. The topological polar surface area (TPSA) is 117 Å². The number of aromatic nitrogens is 1. The third-order valence-electron chi connectivity index (χ3n) is 4.35. The number of ether oxygens (including phenoxy) is 1. The van der Waals surface area contributed by atoms with E-state index in [0.717, 1.165) is 10.4 Å². The molecule has 8 heteroatoms. The highest BCUT2D eigenvalue weighted by Crippen LogP contribution is 2.47. The Hall–Kier alpha value is -2.45. The van der Waals surface area contributed by atoms with Crippen molar-refractivity contribution >= 4 is 23.2 Å². The largest absolute Gasteiger partial charge is 0.365 e. The third kappa shape index (κ3) is 2.85. The van der Waals surface area contributed by atoms with Crippen molar-refractivity contribution < 1.29 is 14.3 Å². The predicted octanol–water partition coefficient (Wildman–Crippen LogP) is 1.68. The third-order valence-corrected chi connectivity index (χ3v) is 5.88. The van der Waals surface area contributed by atoms with E-state index >= 15 is 0 Å². The first-order valence-electron chi connectivity index (χ1n) is 8.12. The highest BCUT2D eigenvalue weighted by molar-refractivity contribution is 7.15. The molecule has 138 valence electrons. The fourth-order valence-electron chi connectivity index (χ4n) is 3.57. The van der Waals surface area contributed by atoms with Crippen molar-refractivity contribution in [3.8, 4) is 5.00 Å². The van der Waals surface area contributed by atoms with Crippen LogP contribution in [0.2, 0.25) is 0 Å². The average Bonchev–Trinajstić information content (AvgIpc) is 2.84. The number of carbonyl (C=O) groups is 2. The van der Waals surface area contributed by atoms with Gasteiger partial charge in [0, 0.05) is 17.5 Å². The van der Waals surface area contributed by atoms with E-state index in [9.17, 15) is 14.4 Å². The normalized spacial score (nSPS) is 17.5. The lowest BCUT2D eigenvalue weighted by Crippen LogP contribution is -2.42. The summed E-state index contributed by atoms with van der Waals surface area (Å²) >= 11 is 1.27. The molecule has 2 amide bonds. The molecule has 3 rings (SSSR count). The second-order valence-electron chi connectivity index (χ2n) is 7.46. The summed E-state index contributed by atoms with van der Waals surface area (Å²) in [6, 6.07) is 2.89. The Morgan fingerprint density at radius 1 is 1.19 bits per heavy atom. The number of hydrogen-bond acceptors (Lipinski definition) is 5. The van der Waals surface area contributed by atoms with Gasteiger partial charge in [-0.3, -0.25) is 19.0 Å². The van der Waals surface area contributed by atoms with E-state index in [-0.39, 0.29) is 11.1 Å². The molecule has 0 saturated carbocycles. The van der Waals surface area contributed by atoms with Gasteiger partial charge in [-0.15, -0.1) is 11.3 Å². The molecule has 1 aliphatic heterocycles. The van der Waals surface area contributed by atoms with Crippen LogP contribution in [-0.4, -0.2) is 22.0 Å². The van der Waals surface area contributed by atoms with Crippen molar-refractivity contribution in [3.05, 3.63) is 50.3 Å².